The summed E-state index contributed by atoms with van der Waals surface area (Å²) in [5.74, 6) is 0.530. The molecule has 7 heteroatoms. The van der Waals surface area contributed by atoms with Crippen LogP contribution in [0.1, 0.15) is 11.3 Å². The Balaban J connectivity index is 1.91. The average molecular weight is 317 g/mol. The maximum Gasteiger partial charge on any atom is 0.272 e. The number of benzene rings is 1. The number of nitrogens with zero attached hydrogens (tertiary/aromatic N) is 3. The van der Waals surface area contributed by atoms with E-state index in [1.807, 2.05) is 24.3 Å². The Bertz CT molecular complexity index is 909. The van der Waals surface area contributed by atoms with Crippen molar-refractivity contribution in [3.05, 3.63) is 63.2 Å². The van der Waals surface area contributed by atoms with Crippen molar-refractivity contribution < 1.29 is 0 Å². The Morgan fingerprint density at radius 3 is 3.05 bits per heavy atom. The lowest BCUT2D eigenvalue weighted by atomic mass is 10.3. The standard InChI is InChI=1S/C14H9ClN4OS/c15-10-2-1-3-12(4-10)21-8-11-5-13(20)19-14(18-11)9(6-16)7-17-19/h1-5,7,17H,8H2. The first kappa shape index (κ1) is 13.7. The Kier molecular flexibility index (Phi) is 3.69. The van der Waals surface area contributed by atoms with Crippen LogP contribution in [0.15, 0.2) is 46.2 Å². The summed E-state index contributed by atoms with van der Waals surface area (Å²) < 4.78 is 1.26. The minimum atomic E-state index is -0.233. The molecule has 0 saturated carbocycles. The van der Waals surface area contributed by atoms with Crippen LogP contribution in [0, 0.1) is 11.3 Å². The quantitative estimate of drug-likeness (QED) is 0.754. The zero-order valence-electron chi connectivity index (χ0n) is 10.7. The molecule has 0 atom stereocenters. The molecule has 0 unspecified atom stereocenters. The summed E-state index contributed by atoms with van der Waals surface area (Å²) in [6, 6.07) is 10.9. The highest BCUT2D eigenvalue weighted by Crippen LogP contribution is 2.24. The van der Waals surface area contributed by atoms with Crippen molar-refractivity contribution in [2.24, 2.45) is 0 Å². The molecule has 3 aromatic rings. The fourth-order valence-corrected chi connectivity index (χ4v) is 3.00. The monoisotopic (exact) mass is 316 g/mol. The van der Waals surface area contributed by atoms with E-state index in [0.717, 1.165) is 4.90 Å². The fourth-order valence-electron chi connectivity index (χ4n) is 1.90. The summed E-state index contributed by atoms with van der Waals surface area (Å²) in [5.41, 5.74) is 1.10. The van der Waals surface area contributed by atoms with Gasteiger partial charge in [-0.05, 0) is 18.2 Å². The number of thioether (sulfide) groups is 1. The molecular formula is C14H9ClN4OS. The van der Waals surface area contributed by atoms with E-state index >= 15 is 0 Å². The van der Waals surface area contributed by atoms with E-state index in [-0.39, 0.29) is 5.56 Å². The van der Waals surface area contributed by atoms with E-state index in [1.165, 1.54) is 28.5 Å². The molecule has 0 radical (unpaired) electrons. The van der Waals surface area contributed by atoms with Crippen LogP contribution < -0.4 is 5.56 Å². The molecule has 1 aromatic carbocycles. The maximum atomic E-state index is 11.9. The Morgan fingerprint density at radius 1 is 1.43 bits per heavy atom. The van der Waals surface area contributed by atoms with Crippen LogP contribution in [-0.2, 0) is 5.75 Å². The minimum absolute atomic E-state index is 0.233. The van der Waals surface area contributed by atoms with Gasteiger partial charge in [-0.2, -0.15) is 5.26 Å². The second kappa shape index (κ2) is 5.64. The Morgan fingerprint density at radius 2 is 2.29 bits per heavy atom. The molecule has 0 aliphatic heterocycles. The van der Waals surface area contributed by atoms with Crippen LogP contribution in [0.5, 0.6) is 0 Å². The van der Waals surface area contributed by atoms with Gasteiger partial charge in [-0.25, -0.2) is 9.50 Å². The number of halogens is 1. The normalized spacial score (nSPS) is 10.7. The molecule has 0 aliphatic rings. The third-order valence-electron chi connectivity index (χ3n) is 2.85. The number of aromatic nitrogens is 3. The SMILES string of the molecule is N#Cc1c[nH]n2c(=O)cc(CSc3cccc(Cl)c3)nc12. The summed E-state index contributed by atoms with van der Waals surface area (Å²) >= 11 is 7.47. The predicted octanol–water partition coefficient (Wildman–Crippen LogP) is 2.84. The number of fused-ring (bicyclic) bond motifs is 1. The molecule has 3 rings (SSSR count). The van der Waals surface area contributed by atoms with E-state index in [1.54, 1.807) is 6.07 Å². The van der Waals surface area contributed by atoms with Crippen LogP contribution in [0.25, 0.3) is 5.65 Å². The topological polar surface area (TPSA) is 73.9 Å². The molecule has 104 valence electrons. The average Bonchev–Trinajstić information content (AvgIpc) is 2.89. The largest absolute Gasteiger partial charge is 0.295 e. The maximum absolute atomic E-state index is 11.9. The first-order valence-corrected chi connectivity index (χ1v) is 7.42. The number of hydrogen-bond donors (Lipinski definition) is 1. The van der Waals surface area contributed by atoms with E-state index in [2.05, 4.69) is 10.1 Å². The molecule has 2 aromatic heterocycles. The lowest BCUT2D eigenvalue weighted by Crippen LogP contribution is -2.15. The highest BCUT2D eigenvalue weighted by atomic mass is 35.5. The fraction of sp³-hybridized carbons (Fsp3) is 0.0714. The smallest absolute Gasteiger partial charge is 0.272 e. The van der Waals surface area contributed by atoms with Crippen LogP contribution in [0.3, 0.4) is 0 Å². The van der Waals surface area contributed by atoms with Gasteiger partial charge in [0.05, 0.1) is 5.69 Å². The summed E-state index contributed by atoms with van der Waals surface area (Å²) in [5, 5.41) is 12.4. The molecule has 0 spiro atoms. The molecule has 0 saturated heterocycles. The van der Waals surface area contributed by atoms with Crippen molar-refractivity contribution in [1.29, 1.82) is 5.26 Å². The zero-order chi connectivity index (χ0) is 14.8. The second-order valence-electron chi connectivity index (χ2n) is 4.29. The molecule has 2 heterocycles. The van der Waals surface area contributed by atoms with Crippen molar-refractivity contribution in [2.45, 2.75) is 10.6 Å². The van der Waals surface area contributed by atoms with Gasteiger partial charge < -0.3 is 0 Å². The van der Waals surface area contributed by atoms with Crippen molar-refractivity contribution in [2.75, 3.05) is 0 Å². The van der Waals surface area contributed by atoms with E-state index in [0.29, 0.717) is 27.7 Å². The lowest BCUT2D eigenvalue weighted by Gasteiger charge is -2.02. The third-order valence-corrected chi connectivity index (χ3v) is 4.12. The summed E-state index contributed by atoms with van der Waals surface area (Å²) in [4.78, 5) is 17.3. The van der Waals surface area contributed by atoms with Crippen LogP contribution >= 0.6 is 23.4 Å². The van der Waals surface area contributed by atoms with Gasteiger partial charge in [-0.3, -0.25) is 9.89 Å². The number of aromatic amines is 1. The first-order valence-electron chi connectivity index (χ1n) is 6.06. The third kappa shape index (κ3) is 2.79. The molecule has 0 fully saturated rings. The number of hydrogen-bond acceptors (Lipinski definition) is 4. The number of rotatable bonds is 3. The van der Waals surface area contributed by atoms with Gasteiger partial charge in [0.2, 0.25) is 0 Å². The Hall–Kier alpha value is -2.23. The zero-order valence-corrected chi connectivity index (χ0v) is 12.3. The van der Waals surface area contributed by atoms with Crippen molar-refractivity contribution in [3.63, 3.8) is 0 Å². The molecule has 0 aliphatic carbocycles. The highest BCUT2D eigenvalue weighted by molar-refractivity contribution is 7.98. The van der Waals surface area contributed by atoms with Crippen LogP contribution in [0.4, 0.5) is 0 Å². The molecule has 0 amide bonds. The van der Waals surface area contributed by atoms with Crippen molar-refractivity contribution in [1.82, 2.24) is 14.6 Å². The Labute approximate surface area is 129 Å². The van der Waals surface area contributed by atoms with Gasteiger partial charge in [0.15, 0.2) is 5.65 Å². The van der Waals surface area contributed by atoms with E-state index in [4.69, 9.17) is 16.9 Å². The minimum Gasteiger partial charge on any atom is -0.295 e. The number of nitrogens with one attached hydrogen (secondary N) is 1. The lowest BCUT2D eigenvalue weighted by molar-refractivity contribution is 0.888. The molecular weight excluding hydrogens is 308 g/mol. The molecule has 0 bridgehead atoms. The van der Waals surface area contributed by atoms with Gasteiger partial charge >= 0.3 is 0 Å². The van der Waals surface area contributed by atoms with Gasteiger partial charge in [0.25, 0.3) is 5.56 Å². The highest BCUT2D eigenvalue weighted by Gasteiger charge is 2.09. The van der Waals surface area contributed by atoms with Crippen LogP contribution in [-0.4, -0.2) is 14.6 Å². The van der Waals surface area contributed by atoms with E-state index < -0.39 is 0 Å². The van der Waals surface area contributed by atoms with Gasteiger partial charge in [-0.1, -0.05) is 17.7 Å². The van der Waals surface area contributed by atoms with Gasteiger partial charge in [-0.15, -0.1) is 11.8 Å². The van der Waals surface area contributed by atoms with Crippen molar-refractivity contribution in [3.8, 4) is 6.07 Å². The van der Waals surface area contributed by atoms with Crippen LogP contribution in [0.2, 0.25) is 5.02 Å². The molecule has 1 N–H and O–H groups in total. The number of H-pyrrole nitrogens is 1. The first-order chi connectivity index (χ1) is 10.2. The molecule has 5 nitrogen and oxygen atoms in total. The van der Waals surface area contributed by atoms with Gasteiger partial charge in [0, 0.05) is 27.9 Å². The van der Waals surface area contributed by atoms with Gasteiger partial charge in [0.1, 0.15) is 11.6 Å². The second-order valence-corrected chi connectivity index (χ2v) is 5.77. The summed E-state index contributed by atoms with van der Waals surface area (Å²) in [7, 11) is 0. The van der Waals surface area contributed by atoms with Crippen molar-refractivity contribution >= 4 is 29.0 Å². The number of nitriles is 1. The van der Waals surface area contributed by atoms with E-state index in [9.17, 15) is 4.79 Å². The summed E-state index contributed by atoms with van der Waals surface area (Å²) in [6.45, 7) is 0. The summed E-state index contributed by atoms with van der Waals surface area (Å²) in [6.07, 6.45) is 1.47. The molecule has 21 heavy (non-hydrogen) atoms. The predicted molar refractivity (Wildman–Crippen MR) is 81.5 cm³/mol.